The molecule has 3 rings (SSSR count). The van der Waals surface area contributed by atoms with Crippen molar-refractivity contribution < 1.29 is 14.0 Å². The van der Waals surface area contributed by atoms with Crippen LogP contribution >= 0.6 is 0 Å². The first-order valence-electron chi connectivity index (χ1n) is 7.18. The highest BCUT2D eigenvalue weighted by Gasteiger charge is 2.24. The van der Waals surface area contributed by atoms with Crippen molar-refractivity contribution in [2.45, 2.75) is 19.4 Å². The van der Waals surface area contributed by atoms with E-state index in [1.165, 1.54) is 11.1 Å². The topological polar surface area (TPSA) is 56.5 Å². The maximum absolute atomic E-state index is 5.58. The molecular weight excluding hydrogens is 268 g/mol. The third-order valence-corrected chi connectivity index (χ3v) is 3.85. The fourth-order valence-corrected chi connectivity index (χ4v) is 2.72. The molecule has 1 aliphatic rings. The summed E-state index contributed by atoms with van der Waals surface area (Å²) in [4.78, 5) is 0. The summed E-state index contributed by atoms with van der Waals surface area (Å²) in [5.74, 6) is 1.79. The Labute approximate surface area is 124 Å². The fourth-order valence-electron chi connectivity index (χ4n) is 2.72. The smallest absolute Gasteiger partial charge is 0.170 e. The van der Waals surface area contributed by atoms with Crippen molar-refractivity contribution in [3.05, 3.63) is 35.0 Å². The average Bonchev–Trinajstić information content (AvgIpc) is 2.94. The first-order chi connectivity index (χ1) is 10.3. The molecule has 0 aliphatic heterocycles. The van der Waals surface area contributed by atoms with E-state index in [9.17, 15) is 0 Å². The highest BCUT2D eigenvalue weighted by atomic mass is 16.5. The van der Waals surface area contributed by atoms with Gasteiger partial charge in [0.15, 0.2) is 5.76 Å². The Bertz CT molecular complexity index is 622. The van der Waals surface area contributed by atoms with E-state index < -0.39 is 0 Å². The summed E-state index contributed by atoms with van der Waals surface area (Å²) in [6, 6.07) is 6.10. The molecule has 0 amide bonds. The van der Waals surface area contributed by atoms with Crippen LogP contribution in [0, 0.1) is 0 Å². The van der Waals surface area contributed by atoms with Gasteiger partial charge in [-0.1, -0.05) is 5.16 Å². The second-order valence-electron chi connectivity index (χ2n) is 5.13. The van der Waals surface area contributed by atoms with Gasteiger partial charge in [0, 0.05) is 31.3 Å². The van der Waals surface area contributed by atoms with Crippen LogP contribution in [0.1, 0.15) is 16.8 Å². The number of rotatable bonds is 6. The molecule has 0 saturated carbocycles. The van der Waals surface area contributed by atoms with Gasteiger partial charge in [-0.15, -0.1) is 0 Å². The van der Waals surface area contributed by atoms with Crippen LogP contribution in [0.15, 0.2) is 22.7 Å². The lowest BCUT2D eigenvalue weighted by atomic mass is 9.89. The number of hydrogen-bond acceptors (Lipinski definition) is 5. The number of nitrogens with one attached hydrogen (secondary N) is 1. The first kappa shape index (κ1) is 14.1. The van der Waals surface area contributed by atoms with Crippen LogP contribution in [0.3, 0.4) is 0 Å². The SMILES string of the molecule is COCCNCc1noc2c1CCc1cc(OC)ccc1-2. The molecule has 1 aromatic heterocycles. The molecule has 1 aromatic carbocycles. The van der Waals surface area contributed by atoms with Crippen molar-refractivity contribution >= 4 is 0 Å². The highest BCUT2D eigenvalue weighted by Crippen LogP contribution is 2.36. The van der Waals surface area contributed by atoms with Crippen LogP contribution in [0.4, 0.5) is 0 Å². The summed E-state index contributed by atoms with van der Waals surface area (Å²) in [7, 11) is 3.39. The van der Waals surface area contributed by atoms with Gasteiger partial charge < -0.3 is 19.3 Å². The molecule has 1 aliphatic carbocycles. The molecule has 1 heterocycles. The first-order valence-corrected chi connectivity index (χ1v) is 7.18. The number of methoxy groups -OCH3 is 2. The van der Waals surface area contributed by atoms with Crippen molar-refractivity contribution in [3.8, 4) is 17.1 Å². The lowest BCUT2D eigenvalue weighted by Crippen LogP contribution is -2.19. The van der Waals surface area contributed by atoms with E-state index in [4.69, 9.17) is 14.0 Å². The average molecular weight is 288 g/mol. The zero-order chi connectivity index (χ0) is 14.7. The van der Waals surface area contributed by atoms with Crippen molar-refractivity contribution in [3.63, 3.8) is 0 Å². The standard InChI is InChI=1S/C16H20N2O3/c1-19-8-7-17-10-15-14-5-3-11-9-12(20-2)4-6-13(11)16(14)21-18-15/h4,6,9,17H,3,5,7-8,10H2,1-2H3. The number of fused-ring (bicyclic) bond motifs is 3. The van der Waals surface area contributed by atoms with Gasteiger partial charge in [0.1, 0.15) is 11.4 Å². The maximum Gasteiger partial charge on any atom is 0.170 e. The Kier molecular flexibility index (Phi) is 4.22. The molecular formula is C16H20N2O3. The molecule has 0 fully saturated rings. The van der Waals surface area contributed by atoms with E-state index in [0.29, 0.717) is 13.2 Å². The Hall–Kier alpha value is -1.85. The maximum atomic E-state index is 5.58. The second kappa shape index (κ2) is 6.28. The van der Waals surface area contributed by atoms with E-state index in [1.807, 2.05) is 6.07 Å². The van der Waals surface area contributed by atoms with Crippen LogP contribution in [0.5, 0.6) is 5.75 Å². The monoisotopic (exact) mass is 288 g/mol. The van der Waals surface area contributed by atoms with E-state index >= 15 is 0 Å². The Morgan fingerprint density at radius 3 is 3.00 bits per heavy atom. The van der Waals surface area contributed by atoms with E-state index in [-0.39, 0.29) is 0 Å². The third-order valence-electron chi connectivity index (χ3n) is 3.85. The molecule has 1 N–H and O–H groups in total. The molecule has 5 nitrogen and oxygen atoms in total. The van der Waals surface area contributed by atoms with Gasteiger partial charge >= 0.3 is 0 Å². The molecule has 0 atom stereocenters. The van der Waals surface area contributed by atoms with Gasteiger partial charge in [-0.05, 0) is 36.6 Å². The van der Waals surface area contributed by atoms with Crippen molar-refractivity contribution in [1.82, 2.24) is 10.5 Å². The molecule has 0 spiro atoms. The quantitative estimate of drug-likeness (QED) is 0.826. The van der Waals surface area contributed by atoms with Crippen LogP contribution in [-0.2, 0) is 24.1 Å². The minimum Gasteiger partial charge on any atom is -0.497 e. The Morgan fingerprint density at radius 1 is 1.29 bits per heavy atom. The lowest BCUT2D eigenvalue weighted by Gasteiger charge is -2.16. The molecule has 112 valence electrons. The van der Waals surface area contributed by atoms with Crippen LogP contribution in [0.2, 0.25) is 0 Å². The van der Waals surface area contributed by atoms with Gasteiger partial charge in [0.2, 0.25) is 0 Å². The van der Waals surface area contributed by atoms with Gasteiger partial charge in [0.05, 0.1) is 13.7 Å². The molecule has 0 bridgehead atoms. The molecule has 0 saturated heterocycles. The minimum absolute atomic E-state index is 0.697. The normalized spacial score (nSPS) is 12.9. The van der Waals surface area contributed by atoms with Crippen LogP contribution in [0.25, 0.3) is 11.3 Å². The van der Waals surface area contributed by atoms with Crippen LogP contribution < -0.4 is 10.1 Å². The molecule has 2 aromatic rings. The van der Waals surface area contributed by atoms with Gasteiger partial charge in [-0.3, -0.25) is 0 Å². The predicted octanol–water partition coefficient (Wildman–Crippen LogP) is 2.18. The Balaban J connectivity index is 1.81. The number of hydrogen-bond donors (Lipinski definition) is 1. The number of aromatic nitrogens is 1. The molecule has 0 radical (unpaired) electrons. The summed E-state index contributed by atoms with van der Waals surface area (Å²) >= 11 is 0. The summed E-state index contributed by atoms with van der Waals surface area (Å²) < 4.78 is 15.9. The van der Waals surface area contributed by atoms with Gasteiger partial charge in [-0.2, -0.15) is 0 Å². The molecule has 21 heavy (non-hydrogen) atoms. The zero-order valence-electron chi connectivity index (χ0n) is 12.4. The summed E-state index contributed by atoms with van der Waals surface area (Å²) in [6.07, 6.45) is 1.95. The summed E-state index contributed by atoms with van der Waals surface area (Å²) in [6.45, 7) is 2.22. The van der Waals surface area contributed by atoms with E-state index in [2.05, 4.69) is 22.6 Å². The second-order valence-corrected chi connectivity index (χ2v) is 5.13. The van der Waals surface area contributed by atoms with Crippen LogP contribution in [-0.4, -0.2) is 32.5 Å². The predicted molar refractivity (Wildman–Crippen MR) is 79.5 cm³/mol. The van der Waals surface area contributed by atoms with Crippen molar-refractivity contribution in [2.24, 2.45) is 0 Å². The van der Waals surface area contributed by atoms with Gasteiger partial charge in [-0.25, -0.2) is 0 Å². The lowest BCUT2D eigenvalue weighted by molar-refractivity contribution is 0.199. The Morgan fingerprint density at radius 2 is 2.19 bits per heavy atom. The number of nitrogens with zero attached hydrogens (tertiary/aromatic N) is 1. The van der Waals surface area contributed by atoms with E-state index in [1.54, 1.807) is 14.2 Å². The van der Waals surface area contributed by atoms with Crippen molar-refractivity contribution in [1.29, 1.82) is 0 Å². The largest absolute Gasteiger partial charge is 0.497 e. The highest BCUT2D eigenvalue weighted by molar-refractivity contribution is 5.69. The minimum atomic E-state index is 0.697. The van der Waals surface area contributed by atoms with Crippen molar-refractivity contribution in [2.75, 3.05) is 27.4 Å². The summed E-state index contributed by atoms with van der Waals surface area (Å²) in [5.41, 5.74) is 4.62. The third kappa shape index (κ3) is 2.80. The number of ether oxygens (including phenoxy) is 2. The molecule has 5 heteroatoms. The molecule has 0 unspecified atom stereocenters. The van der Waals surface area contributed by atoms with Gasteiger partial charge in [0.25, 0.3) is 0 Å². The fraction of sp³-hybridized carbons (Fsp3) is 0.438. The number of aryl methyl sites for hydroxylation is 1. The van der Waals surface area contributed by atoms with E-state index in [0.717, 1.165) is 42.2 Å². The summed E-state index contributed by atoms with van der Waals surface area (Å²) in [5, 5.41) is 7.54. The number of benzene rings is 1. The zero-order valence-corrected chi connectivity index (χ0v) is 12.4.